The van der Waals surface area contributed by atoms with E-state index in [1.165, 1.54) is 12.5 Å². The predicted octanol–water partition coefficient (Wildman–Crippen LogP) is 3.31. The molecule has 1 N–H and O–H groups in total. The van der Waals surface area contributed by atoms with E-state index in [1.807, 2.05) is 18.2 Å². The number of halogens is 1. The molecule has 6 nitrogen and oxygen atoms in total. The Morgan fingerprint density at radius 3 is 2.52 bits per heavy atom. The third kappa shape index (κ3) is 6.17. The first-order chi connectivity index (χ1) is 13.7. The van der Waals surface area contributed by atoms with Crippen LogP contribution in [-0.4, -0.2) is 56.8 Å². The zero-order chi connectivity index (χ0) is 21.0. The van der Waals surface area contributed by atoms with E-state index in [2.05, 4.69) is 10.8 Å². The van der Waals surface area contributed by atoms with Crippen LogP contribution < -0.4 is 4.72 Å². The molecule has 8 heteroatoms. The predicted molar refractivity (Wildman–Crippen MR) is 115 cm³/mol. The van der Waals surface area contributed by atoms with Crippen LogP contribution in [0.3, 0.4) is 0 Å². The lowest BCUT2D eigenvalue weighted by atomic mass is 9.82. The highest BCUT2D eigenvalue weighted by atomic mass is 35.5. The highest BCUT2D eigenvalue weighted by molar-refractivity contribution is 7.88. The van der Waals surface area contributed by atoms with Crippen molar-refractivity contribution in [3.05, 3.63) is 34.9 Å². The van der Waals surface area contributed by atoms with Gasteiger partial charge in [0.2, 0.25) is 15.9 Å². The number of rotatable bonds is 6. The molecule has 0 bridgehead atoms. The lowest BCUT2D eigenvalue weighted by Crippen LogP contribution is -2.58. The van der Waals surface area contributed by atoms with E-state index < -0.39 is 10.0 Å². The van der Waals surface area contributed by atoms with Crippen LogP contribution in [0.25, 0.3) is 0 Å². The zero-order valence-electron chi connectivity index (χ0n) is 17.1. The van der Waals surface area contributed by atoms with Crippen molar-refractivity contribution in [1.82, 2.24) is 9.62 Å². The third-order valence-corrected chi connectivity index (χ3v) is 7.15. The molecule has 2 atom stereocenters. The fourth-order valence-corrected chi connectivity index (χ4v) is 5.76. The largest absolute Gasteiger partial charge is 0.376 e. The topological polar surface area (TPSA) is 75.7 Å². The fraction of sp³-hybridized carbons (Fsp3) is 0.667. The monoisotopic (exact) mass is 442 g/mol. The summed E-state index contributed by atoms with van der Waals surface area (Å²) in [6.45, 7) is 2.53. The summed E-state index contributed by atoms with van der Waals surface area (Å²) >= 11 is 6.35. The number of nitrogens with zero attached hydrogens (tertiary/aromatic N) is 1. The van der Waals surface area contributed by atoms with Gasteiger partial charge in [0.15, 0.2) is 0 Å². The summed E-state index contributed by atoms with van der Waals surface area (Å²) in [6, 6.07) is 7.44. The number of amides is 1. The number of hydrogen-bond donors (Lipinski definition) is 1. The fourth-order valence-electron chi connectivity index (χ4n) is 4.65. The number of hydrogen-bond acceptors (Lipinski definition) is 4. The molecular weight excluding hydrogens is 412 g/mol. The maximum atomic E-state index is 12.1. The maximum Gasteiger partial charge on any atom is 0.219 e. The molecular formula is C21H31ClN2O4S. The highest BCUT2D eigenvalue weighted by Crippen LogP contribution is 2.37. The number of nitrogens with one attached hydrogen (secondary N) is 1. The van der Waals surface area contributed by atoms with Gasteiger partial charge in [-0.25, -0.2) is 13.1 Å². The molecule has 0 unspecified atom stereocenters. The van der Waals surface area contributed by atoms with Gasteiger partial charge < -0.3 is 9.64 Å². The summed E-state index contributed by atoms with van der Waals surface area (Å²) in [4.78, 5) is 13.8. The van der Waals surface area contributed by atoms with E-state index in [9.17, 15) is 13.2 Å². The van der Waals surface area contributed by atoms with Gasteiger partial charge in [-0.15, -0.1) is 0 Å². The van der Waals surface area contributed by atoms with Crippen molar-refractivity contribution in [3.8, 4) is 0 Å². The van der Waals surface area contributed by atoms with Crippen LogP contribution in [-0.2, 0) is 19.6 Å². The Kier molecular flexibility index (Phi) is 7.59. The summed E-state index contributed by atoms with van der Waals surface area (Å²) in [5.74, 6) is 0.410. The summed E-state index contributed by atoms with van der Waals surface area (Å²) < 4.78 is 32.4. The van der Waals surface area contributed by atoms with Crippen molar-refractivity contribution in [1.29, 1.82) is 0 Å². The van der Waals surface area contributed by atoms with Crippen LogP contribution in [0, 0.1) is 0 Å². The molecule has 1 amide bonds. The molecule has 2 fully saturated rings. The number of carbonyl (C=O) groups is 1. The van der Waals surface area contributed by atoms with Gasteiger partial charge in [0.25, 0.3) is 0 Å². The molecule has 1 saturated heterocycles. The lowest BCUT2D eigenvalue weighted by Gasteiger charge is -2.41. The van der Waals surface area contributed by atoms with Crippen LogP contribution >= 0.6 is 11.6 Å². The molecule has 1 aliphatic carbocycles. The summed E-state index contributed by atoms with van der Waals surface area (Å²) in [7, 11) is -3.35. The van der Waals surface area contributed by atoms with Crippen molar-refractivity contribution < 1.29 is 17.9 Å². The minimum Gasteiger partial charge on any atom is -0.376 e. The molecule has 1 aromatic rings. The normalized spacial score (nSPS) is 28.3. The van der Waals surface area contributed by atoms with Crippen molar-refractivity contribution in [2.24, 2.45) is 0 Å². The minimum absolute atomic E-state index is 0.0407. The molecule has 1 heterocycles. The molecule has 1 saturated carbocycles. The molecule has 1 aromatic carbocycles. The number of ether oxygens (including phenoxy) is 1. The Labute approximate surface area is 179 Å². The second kappa shape index (κ2) is 9.77. The van der Waals surface area contributed by atoms with Gasteiger partial charge in [0.05, 0.1) is 25.0 Å². The highest BCUT2D eigenvalue weighted by Gasteiger charge is 2.35. The Balaban J connectivity index is 1.58. The van der Waals surface area contributed by atoms with Gasteiger partial charge in [-0.3, -0.25) is 4.79 Å². The second-order valence-corrected chi connectivity index (χ2v) is 10.4. The number of carbonyl (C=O) groups excluding carboxylic acids is 1. The summed E-state index contributed by atoms with van der Waals surface area (Å²) in [5.41, 5.74) is 1.21. The van der Waals surface area contributed by atoms with E-state index >= 15 is 0 Å². The number of sulfonamides is 1. The molecule has 162 valence electrons. The Morgan fingerprint density at radius 2 is 1.90 bits per heavy atom. The second-order valence-electron chi connectivity index (χ2n) is 8.25. The number of likely N-dealkylation sites (tertiary alicyclic amines) is 1. The average molecular weight is 443 g/mol. The number of benzene rings is 1. The van der Waals surface area contributed by atoms with Gasteiger partial charge >= 0.3 is 0 Å². The molecule has 2 aliphatic rings. The van der Waals surface area contributed by atoms with E-state index in [0.717, 1.165) is 43.4 Å². The molecule has 29 heavy (non-hydrogen) atoms. The van der Waals surface area contributed by atoms with E-state index in [-0.39, 0.29) is 24.1 Å². The van der Waals surface area contributed by atoms with Crippen LogP contribution in [0.2, 0.25) is 5.02 Å². The van der Waals surface area contributed by atoms with Gasteiger partial charge in [-0.1, -0.05) is 29.8 Å². The Hall–Kier alpha value is -1.15. The average Bonchev–Trinajstić information content (AvgIpc) is 2.66. The lowest BCUT2D eigenvalue weighted by molar-refractivity contribution is -0.136. The summed E-state index contributed by atoms with van der Waals surface area (Å²) in [6.07, 6.45) is 6.69. The Bertz CT molecular complexity index is 809. The van der Waals surface area contributed by atoms with Crippen molar-refractivity contribution in [2.75, 3.05) is 19.4 Å². The third-order valence-electron chi connectivity index (χ3n) is 6.07. The van der Waals surface area contributed by atoms with Crippen molar-refractivity contribution in [3.63, 3.8) is 0 Å². The maximum absolute atomic E-state index is 12.1. The molecule has 1 aliphatic heterocycles. The molecule has 0 aromatic heterocycles. The van der Waals surface area contributed by atoms with E-state index in [4.69, 9.17) is 16.3 Å². The van der Waals surface area contributed by atoms with Crippen LogP contribution in [0.1, 0.15) is 56.9 Å². The first-order valence-corrected chi connectivity index (χ1v) is 12.6. The van der Waals surface area contributed by atoms with E-state index in [1.54, 1.807) is 4.90 Å². The molecule has 3 rings (SSSR count). The zero-order valence-corrected chi connectivity index (χ0v) is 18.7. The van der Waals surface area contributed by atoms with Crippen LogP contribution in [0.15, 0.2) is 24.3 Å². The first-order valence-electron chi connectivity index (χ1n) is 10.3. The van der Waals surface area contributed by atoms with Crippen molar-refractivity contribution in [2.45, 2.75) is 69.6 Å². The van der Waals surface area contributed by atoms with Gasteiger partial charge in [0, 0.05) is 24.5 Å². The summed E-state index contributed by atoms with van der Waals surface area (Å²) in [5, 5.41) is 0.825. The van der Waals surface area contributed by atoms with Crippen LogP contribution in [0.5, 0.6) is 0 Å². The van der Waals surface area contributed by atoms with Gasteiger partial charge in [-0.2, -0.15) is 0 Å². The van der Waals surface area contributed by atoms with Crippen LogP contribution in [0.4, 0.5) is 0 Å². The SMILES string of the molecule is CC(=O)N1CCC[C@H](NS(C)(=O)=O)[C@@H]1COC1CCC(c2ccccc2Cl)CC1. The Morgan fingerprint density at radius 1 is 1.21 bits per heavy atom. The first kappa shape index (κ1) is 22.5. The van der Waals surface area contributed by atoms with Gasteiger partial charge in [0.1, 0.15) is 0 Å². The minimum atomic E-state index is -3.35. The van der Waals surface area contributed by atoms with E-state index in [0.29, 0.717) is 25.5 Å². The van der Waals surface area contributed by atoms with Crippen molar-refractivity contribution >= 4 is 27.5 Å². The smallest absolute Gasteiger partial charge is 0.219 e. The molecule has 0 radical (unpaired) electrons. The quantitative estimate of drug-likeness (QED) is 0.733. The number of piperidine rings is 1. The standard InChI is InChI=1S/C21H31ClN2O4S/c1-15(25)24-13-5-8-20(23-29(2,26)27)21(24)14-28-17-11-9-16(10-12-17)18-6-3-4-7-19(18)22/h3-4,6-7,16-17,20-21,23H,5,8-14H2,1-2H3/t16?,17?,20-,21-/m0/s1. The molecule has 0 spiro atoms. The van der Waals surface area contributed by atoms with Gasteiger partial charge in [-0.05, 0) is 56.1 Å².